The number of nitrogens with zero attached hydrogens (tertiary/aromatic N) is 2. The zero-order chi connectivity index (χ0) is 17.9. The highest BCUT2D eigenvalue weighted by Crippen LogP contribution is 2.52. The van der Waals surface area contributed by atoms with Gasteiger partial charge in [0.2, 0.25) is 0 Å². The highest BCUT2D eigenvalue weighted by molar-refractivity contribution is 5.80. The van der Waals surface area contributed by atoms with Gasteiger partial charge in [-0.25, -0.2) is 0 Å². The molecular weight excluding hydrogens is 316 g/mol. The Kier molecular flexibility index (Phi) is 6.23. The highest BCUT2D eigenvalue weighted by Gasteiger charge is 2.59. The van der Waals surface area contributed by atoms with Crippen LogP contribution in [0.2, 0.25) is 0 Å². The van der Waals surface area contributed by atoms with Crippen LogP contribution in [0, 0.1) is 17.3 Å². The van der Waals surface area contributed by atoms with Crippen LogP contribution in [0.4, 0.5) is 0 Å². The monoisotopic (exact) mass is 352 g/mol. The molecule has 6 heteroatoms. The number of hydrogen-bond acceptors (Lipinski definition) is 4. The van der Waals surface area contributed by atoms with Crippen molar-refractivity contribution in [2.24, 2.45) is 22.2 Å². The summed E-state index contributed by atoms with van der Waals surface area (Å²) in [6.07, 6.45) is 4.09. The van der Waals surface area contributed by atoms with Crippen molar-refractivity contribution in [3.63, 3.8) is 0 Å². The van der Waals surface area contributed by atoms with Crippen LogP contribution in [0.3, 0.4) is 0 Å². The zero-order valence-corrected chi connectivity index (χ0v) is 16.4. The van der Waals surface area contributed by atoms with E-state index >= 15 is 0 Å². The first-order valence-electron chi connectivity index (χ1n) is 9.86. The molecular formula is C19H36N4O2. The third-order valence-electron chi connectivity index (χ3n) is 6.49. The first-order chi connectivity index (χ1) is 12.1. The molecule has 3 rings (SSSR count). The molecule has 3 aliphatic rings. The largest absolute Gasteiger partial charge is 0.383 e. The average molecular weight is 353 g/mol. The van der Waals surface area contributed by atoms with E-state index in [1.54, 1.807) is 7.11 Å². The van der Waals surface area contributed by atoms with Crippen molar-refractivity contribution < 1.29 is 9.47 Å². The second-order valence-corrected chi connectivity index (χ2v) is 8.42. The Bertz CT molecular complexity index is 460. The minimum Gasteiger partial charge on any atom is -0.383 e. The summed E-state index contributed by atoms with van der Waals surface area (Å²) in [5.41, 5.74) is 0.186. The molecule has 3 fully saturated rings. The van der Waals surface area contributed by atoms with Crippen molar-refractivity contribution in [1.82, 2.24) is 15.5 Å². The average Bonchev–Trinajstić information content (AvgIpc) is 3.08. The predicted octanol–water partition coefficient (Wildman–Crippen LogP) is 1.32. The van der Waals surface area contributed by atoms with Crippen LogP contribution in [0.5, 0.6) is 0 Å². The Morgan fingerprint density at radius 2 is 2.04 bits per heavy atom. The minimum absolute atomic E-state index is 0.186. The maximum absolute atomic E-state index is 5.89. The number of likely N-dealkylation sites (tertiary alicyclic amines) is 1. The summed E-state index contributed by atoms with van der Waals surface area (Å²) < 4.78 is 11.1. The Morgan fingerprint density at radius 3 is 2.72 bits per heavy atom. The van der Waals surface area contributed by atoms with Gasteiger partial charge in [0.1, 0.15) is 0 Å². The first kappa shape index (κ1) is 18.9. The predicted molar refractivity (Wildman–Crippen MR) is 101 cm³/mol. The number of piperidine rings is 1. The molecule has 0 amide bonds. The standard InChI is InChI=1S/C19H36N4O2/c1-19(2)16(15-7-11-25-17(15)19)22-18(20-3)21-13-14-5-8-23(9-6-14)10-12-24-4/h14-17H,5-13H2,1-4H3,(H2,20,21,22). The summed E-state index contributed by atoms with van der Waals surface area (Å²) in [6, 6.07) is 0.460. The maximum atomic E-state index is 5.89. The molecule has 1 aliphatic carbocycles. The molecule has 6 nitrogen and oxygen atoms in total. The van der Waals surface area contributed by atoms with Crippen LogP contribution in [0.1, 0.15) is 33.1 Å². The van der Waals surface area contributed by atoms with Gasteiger partial charge in [0, 0.05) is 51.2 Å². The summed E-state index contributed by atoms with van der Waals surface area (Å²) in [5, 5.41) is 7.24. The van der Waals surface area contributed by atoms with Crippen LogP contribution >= 0.6 is 0 Å². The molecule has 1 saturated carbocycles. The Morgan fingerprint density at radius 1 is 1.28 bits per heavy atom. The molecule has 25 heavy (non-hydrogen) atoms. The van der Waals surface area contributed by atoms with Crippen molar-refractivity contribution in [2.45, 2.75) is 45.3 Å². The number of nitrogens with one attached hydrogen (secondary N) is 2. The Balaban J connectivity index is 1.40. The molecule has 0 spiro atoms. The summed E-state index contributed by atoms with van der Waals surface area (Å²) in [5.74, 6) is 2.32. The van der Waals surface area contributed by atoms with Gasteiger partial charge < -0.3 is 25.0 Å². The lowest BCUT2D eigenvalue weighted by Gasteiger charge is -2.55. The summed E-state index contributed by atoms with van der Waals surface area (Å²) in [7, 11) is 3.65. The fourth-order valence-corrected chi connectivity index (χ4v) is 4.83. The van der Waals surface area contributed by atoms with Crippen LogP contribution in [-0.4, -0.2) is 76.6 Å². The van der Waals surface area contributed by atoms with Gasteiger partial charge in [0.15, 0.2) is 5.96 Å². The van der Waals surface area contributed by atoms with Crippen LogP contribution < -0.4 is 10.6 Å². The number of hydrogen-bond donors (Lipinski definition) is 2. The molecule has 0 bridgehead atoms. The van der Waals surface area contributed by atoms with Crippen LogP contribution in [0.15, 0.2) is 4.99 Å². The number of guanidine groups is 1. The van der Waals surface area contributed by atoms with E-state index in [2.05, 4.69) is 34.4 Å². The quantitative estimate of drug-likeness (QED) is 0.558. The molecule has 0 aromatic heterocycles. The van der Waals surface area contributed by atoms with Gasteiger partial charge >= 0.3 is 0 Å². The molecule has 0 aromatic carbocycles. The van der Waals surface area contributed by atoms with E-state index in [9.17, 15) is 0 Å². The second kappa shape index (κ2) is 8.23. The number of ether oxygens (including phenoxy) is 2. The van der Waals surface area contributed by atoms with Crippen LogP contribution in [-0.2, 0) is 9.47 Å². The van der Waals surface area contributed by atoms with Crippen molar-refractivity contribution in [1.29, 1.82) is 0 Å². The van der Waals surface area contributed by atoms with E-state index in [1.165, 1.54) is 32.4 Å². The van der Waals surface area contributed by atoms with Crippen molar-refractivity contribution >= 4 is 5.96 Å². The van der Waals surface area contributed by atoms with Gasteiger partial charge in [-0.3, -0.25) is 4.99 Å². The summed E-state index contributed by atoms with van der Waals surface area (Å²) in [6.45, 7) is 10.8. The van der Waals surface area contributed by atoms with Crippen LogP contribution in [0.25, 0.3) is 0 Å². The smallest absolute Gasteiger partial charge is 0.191 e. The lowest BCUT2D eigenvalue weighted by Crippen LogP contribution is -2.68. The van der Waals surface area contributed by atoms with Gasteiger partial charge in [0.05, 0.1) is 12.7 Å². The summed E-state index contributed by atoms with van der Waals surface area (Å²) >= 11 is 0. The van der Waals surface area contributed by atoms with Crippen molar-refractivity contribution in [3.05, 3.63) is 0 Å². The molecule has 2 saturated heterocycles. The van der Waals surface area contributed by atoms with Crippen molar-refractivity contribution in [2.75, 3.05) is 53.6 Å². The van der Waals surface area contributed by atoms with E-state index in [0.29, 0.717) is 18.1 Å². The lowest BCUT2D eigenvalue weighted by molar-refractivity contribution is -0.106. The van der Waals surface area contributed by atoms with E-state index < -0.39 is 0 Å². The molecule has 3 unspecified atom stereocenters. The fourth-order valence-electron chi connectivity index (χ4n) is 4.83. The molecule has 0 aromatic rings. The number of rotatable bonds is 6. The molecule has 2 aliphatic heterocycles. The van der Waals surface area contributed by atoms with E-state index in [-0.39, 0.29) is 5.41 Å². The SMILES string of the molecule is CN=C(NCC1CCN(CCOC)CC1)NC1C2CCOC2C1(C)C. The second-order valence-electron chi connectivity index (χ2n) is 8.42. The van der Waals surface area contributed by atoms with Gasteiger partial charge in [-0.2, -0.15) is 0 Å². The zero-order valence-electron chi connectivity index (χ0n) is 16.4. The maximum Gasteiger partial charge on any atom is 0.191 e. The van der Waals surface area contributed by atoms with E-state index in [1.807, 2.05) is 7.05 Å². The molecule has 144 valence electrons. The fraction of sp³-hybridized carbons (Fsp3) is 0.947. The first-order valence-corrected chi connectivity index (χ1v) is 9.86. The number of aliphatic imine (C=N–C) groups is 1. The molecule has 2 heterocycles. The highest BCUT2D eigenvalue weighted by atomic mass is 16.5. The summed E-state index contributed by atoms with van der Waals surface area (Å²) in [4.78, 5) is 6.96. The number of fused-ring (bicyclic) bond motifs is 1. The van der Waals surface area contributed by atoms with Gasteiger partial charge in [-0.15, -0.1) is 0 Å². The minimum atomic E-state index is 0.186. The Labute approximate surface area is 152 Å². The normalized spacial score (nSPS) is 33.0. The van der Waals surface area contributed by atoms with E-state index in [0.717, 1.165) is 38.2 Å². The topological polar surface area (TPSA) is 58.1 Å². The Hall–Kier alpha value is -0.850. The van der Waals surface area contributed by atoms with Gasteiger partial charge in [0.25, 0.3) is 0 Å². The lowest BCUT2D eigenvalue weighted by atomic mass is 9.57. The third kappa shape index (κ3) is 4.12. The molecule has 2 N–H and O–H groups in total. The van der Waals surface area contributed by atoms with Crippen molar-refractivity contribution in [3.8, 4) is 0 Å². The number of methoxy groups -OCH3 is 1. The van der Waals surface area contributed by atoms with E-state index in [4.69, 9.17) is 9.47 Å². The molecule has 0 radical (unpaired) electrons. The third-order valence-corrected chi connectivity index (χ3v) is 6.49. The van der Waals surface area contributed by atoms with Gasteiger partial charge in [-0.1, -0.05) is 13.8 Å². The van der Waals surface area contributed by atoms with Gasteiger partial charge in [-0.05, 0) is 38.3 Å². The molecule has 3 atom stereocenters.